The number of hydrogen-bond acceptors (Lipinski definition) is 8. The first kappa shape index (κ1) is 21.7. The Labute approximate surface area is 174 Å². The fourth-order valence-corrected chi connectivity index (χ4v) is 3.52. The molecular formula is C20H27N5O5. The van der Waals surface area contributed by atoms with E-state index in [0.717, 1.165) is 5.56 Å². The molecule has 1 fully saturated rings. The summed E-state index contributed by atoms with van der Waals surface area (Å²) in [5, 5.41) is 23.1. The minimum atomic E-state index is -1.60. The molecule has 1 aromatic heterocycles. The number of benzene rings is 1. The number of piperazine rings is 1. The van der Waals surface area contributed by atoms with Gasteiger partial charge in [-0.15, -0.1) is 0 Å². The highest BCUT2D eigenvalue weighted by molar-refractivity contribution is 5.88. The number of aliphatic hydroxyl groups is 1. The van der Waals surface area contributed by atoms with Gasteiger partial charge in [-0.1, -0.05) is 32.0 Å². The van der Waals surface area contributed by atoms with Crippen LogP contribution in [0.25, 0.3) is 11.5 Å². The van der Waals surface area contributed by atoms with Crippen LogP contribution in [0.2, 0.25) is 0 Å². The van der Waals surface area contributed by atoms with Crippen molar-refractivity contribution in [3.8, 4) is 11.5 Å². The average Bonchev–Trinajstić information content (AvgIpc) is 3.27. The lowest BCUT2D eigenvalue weighted by Crippen LogP contribution is -2.53. The standard InChI is InChI=1S/C20H27N5O5/c1-13(2)12-15(16(26)17(27)22-29)19(28)24-8-10-25(11-9-24)20-21-18(30-23-20)14-6-4-3-5-7-14/h3-7,13,15-16,26,29H,8-12H2,1-2H3,(H,22,27)/t15-,16+/m0/s1. The predicted octanol–water partition coefficient (Wildman–Crippen LogP) is 0.914. The van der Waals surface area contributed by atoms with Crippen molar-refractivity contribution >= 4 is 17.8 Å². The van der Waals surface area contributed by atoms with Crippen LogP contribution in [0.4, 0.5) is 5.95 Å². The first-order valence-corrected chi connectivity index (χ1v) is 9.95. The topological polar surface area (TPSA) is 132 Å². The summed E-state index contributed by atoms with van der Waals surface area (Å²) in [6, 6.07) is 9.46. The second-order valence-corrected chi connectivity index (χ2v) is 7.73. The Morgan fingerprint density at radius 1 is 1.17 bits per heavy atom. The van der Waals surface area contributed by atoms with Gasteiger partial charge in [0.15, 0.2) is 0 Å². The summed E-state index contributed by atoms with van der Waals surface area (Å²) >= 11 is 0. The van der Waals surface area contributed by atoms with Gasteiger partial charge in [-0.2, -0.15) is 4.98 Å². The number of rotatable bonds is 7. The van der Waals surface area contributed by atoms with Crippen molar-refractivity contribution in [1.29, 1.82) is 0 Å². The van der Waals surface area contributed by atoms with E-state index < -0.39 is 17.9 Å². The summed E-state index contributed by atoms with van der Waals surface area (Å²) in [5.74, 6) is -1.22. The molecule has 1 aliphatic rings. The van der Waals surface area contributed by atoms with Gasteiger partial charge in [0.1, 0.15) is 6.10 Å². The molecule has 0 spiro atoms. The number of nitrogens with one attached hydrogen (secondary N) is 1. The molecule has 1 saturated heterocycles. The highest BCUT2D eigenvalue weighted by atomic mass is 16.5. The van der Waals surface area contributed by atoms with Gasteiger partial charge >= 0.3 is 0 Å². The monoisotopic (exact) mass is 417 g/mol. The number of carbonyl (C=O) groups excluding carboxylic acids is 2. The maximum absolute atomic E-state index is 13.0. The van der Waals surface area contributed by atoms with Crippen molar-refractivity contribution in [3.63, 3.8) is 0 Å². The molecule has 162 valence electrons. The Bertz CT molecular complexity index is 848. The van der Waals surface area contributed by atoms with Crippen LogP contribution >= 0.6 is 0 Å². The zero-order chi connectivity index (χ0) is 21.7. The third-order valence-corrected chi connectivity index (χ3v) is 5.11. The Hall–Kier alpha value is -2.98. The van der Waals surface area contributed by atoms with Gasteiger partial charge in [-0.25, -0.2) is 5.48 Å². The number of aliphatic hydroxyl groups excluding tert-OH is 1. The van der Waals surface area contributed by atoms with E-state index in [9.17, 15) is 14.7 Å². The lowest BCUT2D eigenvalue weighted by Gasteiger charge is -2.36. The zero-order valence-corrected chi connectivity index (χ0v) is 17.1. The summed E-state index contributed by atoms with van der Waals surface area (Å²) in [6.45, 7) is 5.60. The lowest BCUT2D eigenvalue weighted by atomic mass is 9.90. The molecule has 10 heteroatoms. The maximum Gasteiger partial charge on any atom is 0.272 e. The minimum absolute atomic E-state index is 0.0946. The lowest BCUT2D eigenvalue weighted by molar-refractivity contribution is -0.151. The summed E-state index contributed by atoms with van der Waals surface area (Å²) in [5.41, 5.74) is 2.26. The van der Waals surface area contributed by atoms with Crippen molar-refractivity contribution in [3.05, 3.63) is 30.3 Å². The highest BCUT2D eigenvalue weighted by Gasteiger charge is 2.36. The number of anilines is 1. The smallest absolute Gasteiger partial charge is 0.272 e. The van der Waals surface area contributed by atoms with Crippen LogP contribution in [0.1, 0.15) is 20.3 Å². The summed E-state index contributed by atoms with van der Waals surface area (Å²) < 4.78 is 5.35. The molecule has 0 radical (unpaired) electrons. The van der Waals surface area contributed by atoms with Gasteiger partial charge in [0.05, 0.1) is 5.92 Å². The molecule has 2 amide bonds. The van der Waals surface area contributed by atoms with E-state index in [1.807, 2.05) is 49.1 Å². The van der Waals surface area contributed by atoms with E-state index in [-0.39, 0.29) is 11.8 Å². The summed E-state index contributed by atoms with van der Waals surface area (Å²) in [6.07, 6.45) is -1.27. The molecule has 1 aliphatic heterocycles. The number of amides is 2. The SMILES string of the molecule is CC(C)C[C@H](C(=O)N1CCN(c2noc(-c3ccccc3)n2)CC1)[C@@H](O)C(=O)NO. The molecule has 3 N–H and O–H groups in total. The first-order chi connectivity index (χ1) is 14.4. The molecular weight excluding hydrogens is 390 g/mol. The fourth-order valence-electron chi connectivity index (χ4n) is 3.52. The van der Waals surface area contributed by atoms with Gasteiger partial charge in [-0.05, 0) is 29.6 Å². The first-order valence-electron chi connectivity index (χ1n) is 9.95. The van der Waals surface area contributed by atoms with E-state index in [1.165, 1.54) is 5.48 Å². The van der Waals surface area contributed by atoms with Gasteiger partial charge in [0, 0.05) is 31.7 Å². The number of carbonyl (C=O) groups is 2. The molecule has 1 aromatic carbocycles. The molecule has 3 rings (SSSR count). The second kappa shape index (κ2) is 9.68. The fraction of sp³-hybridized carbons (Fsp3) is 0.500. The summed E-state index contributed by atoms with van der Waals surface area (Å²) in [4.78, 5) is 32.6. The van der Waals surface area contributed by atoms with Crippen molar-refractivity contribution in [2.24, 2.45) is 11.8 Å². The van der Waals surface area contributed by atoms with Crippen LogP contribution in [0, 0.1) is 11.8 Å². The van der Waals surface area contributed by atoms with Crippen molar-refractivity contribution < 1.29 is 24.4 Å². The number of hydrogen-bond donors (Lipinski definition) is 3. The Balaban J connectivity index is 1.63. The second-order valence-electron chi connectivity index (χ2n) is 7.73. The number of nitrogens with zero attached hydrogens (tertiary/aromatic N) is 4. The largest absolute Gasteiger partial charge is 0.382 e. The molecule has 0 aliphatic carbocycles. The summed E-state index contributed by atoms with van der Waals surface area (Å²) in [7, 11) is 0. The van der Waals surface area contributed by atoms with Crippen molar-refractivity contribution in [2.75, 3.05) is 31.1 Å². The van der Waals surface area contributed by atoms with Gasteiger partial charge in [-0.3, -0.25) is 14.8 Å². The Kier molecular flexibility index (Phi) is 7.01. The van der Waals surface area contributed by atoms with Crippen LogP contribution < -0.4 is 10.4 Å². The van der Waals surface area contributed by atoms with Crippen LogP contribution in [-0.2, 0) is 9.59 Å². The van der Waals surface area contributed by atoms with Crippen LogP contribution in [0.15, 0.2) is 34.9 Å². The zero-order valence-electron chi connectivity index (χ0n) is 17.1. The number of hydroxylamine groups is 1. The van der Waals surface area contributed by atoms with Gasteiger partial charge < -0.3 is 19.4 Å². The van der Waals surface area contributed by atoms with E-state index >= 15 is 0 Å². The van der Waals surface area contributed by atoms with Gasteiger partial charge in [0.2, 0.25) is 5.91 Å². The van der Waals surface area contributed by atoms with Crippen LogP contribution in [0.5, 0.6) is 0 Å². The molecule has 10 nitrogen and oxygen atoms in total. The van der Waals surface area contributed by atoms with Crippen molar-refractivity contribution in [1.82, 2.24) is 20.5 Å². The Morgan fingerprint density at radius 3 is 2.43 bits per heavy atom. The molecule has 0 bridgehead atoms. The predicted molar refractivity (Wildman–Crippen MR) is 107 cm³/mol. The third kappa shape index (κ3) is 4.95. The van der Waals surface area contributed by atoms with E-state index in [1.54, 1.807) is 4.90 Å². The number of aromatic nitrogens is 2. The van der Waals surface area contributed by atoms with E-state index in [2.05, 4.69) is 10.1 Å². The molecule has 2 aromatic rings. The Morgan fingerprint density at radius 2 is 1.83 bits per heavy atom. The molecule has 2 atom stereocenters. The highest BCUT2D eigenvalue weighted by Crippen LogP contribution is 2.23. The van der Waals surface area contributed by atoms with Crippen LogP contribution in [0.3, 0.4) is 0 Å². The molecule has 2 heterocycles. The van der Waals surface area contributed by atoms with Crippen LogP contribution in [-0.4, -0.2) is 69.5 Å². The molecule has 0 saturated carbocycles. The van der Waals surface area contributed by atoms with Gasteiger partial charge in [0.25, 0.3) is 17.7 Å². The van der Waals surface area contributed by atoms with Crippen molar-refractivity contribution in [2.45, 2.75) is 26.4 Å². The van der Waals surface area contributed by atoms with E-state index in [4.69, 9.17) is 9.73 Å². The quantitative estimate of drug-likeness (QED) is 0.447. The minimum Gasteiger partial charge on any atom is -0.382 e. The normalized spacial score (nSPS) is 16.4. The molecule has 30 heavy (non-hydrogen) atoms. The molecule has 0 unspecified atom stereocenters. The average molecular weight is 417 g/mol. The third-order valence-electron chi connectivity index (χ3n) is 5.11. The van der Waals surface area contributed by atoms with E-state index in [0.29, 0.717) is 44.4 Å². The maximum atomic E-state index is 13.0.